The van der Waals surface area contributed by atoms with Crippen LogP contribution >= 0.6 is 22.7 Å². The summed E-state index contributed by atoms with van der Waals surface area (Å²) < 4.78 is 147. The van der Waals surface area contributed by atoms with E-state index in [0.717, 1.165) is 52.8 Å². The van der Waals surface area contributed by atoms with E-state index in [4.69, 9.17) is 16.4 Å². The number of rotatable bonds is 5. The van der Waals surface area contributed by atoms with Crippen molar-refractivity contribution in [3.63, 3.8) is 0 Å². The van der Waals surface area contributed by atoms with E-state index in [2.05, 4.69) is 78.9 Å². The molecule has 0 nitrogen and oxygen atoms in total. The van der Waals surface area contributed by atoms with Gasteiger partial charge in [0.15, 0.2) is 0 Å². The molecule has 0 radical (unpaired) electrons. The van der Waals surface area contributed by atoms with Gasteiger partial charge in [-0.15, -0.1) is 22.7 Å². The summed E-state index contributed by atoms with van der Waals surface area (Å²) in [5.41, 5.74) is 5.79. The van der Waals surface area contributed by atoms with E-state index < -0.39 is 48.3 Å². The van der Waals surface area contributed by atoms with Crippen molar-refractivity contribution >= 4 is 138 Å². The van der Waals surface area contributed by atoms with Gasteiger partial charge in [-0.3, -0.25) is 0 Å². The summed E-state index contributed by atoms with van der Waals surface area (Å²) in [7, 11) is 0. The third kappa shape index (κ3) is 7.94. The highest BCUT2D eigenvalue weighted by Gasteiger charge is 2.20. The van der Waals surface area contributed by atoms with Gasteiger partial charge in [0, 0.05) is 40.3 Å². The average Bonchev–Trinajstić information content (AvgIpc) is 1.83. The van der Waals surface area contributed by atoms with Crippen molar-refractivity contribution in [1.82, 2.24) is 0 Å². The van der Waals surface area contributed by atoms with Crippen LogP contribution in [-0.4, -0.2) is 0 Å². The SMILES string of the molecule is [2H]c1c([2H])c([2H])c2c(-c3ccc(-c4ccc5c(c4)sc4cc6ccccc6cc45)cc3)c3c([2H])c([2H])c([2H])c([2H])c3c(-c3ccccc3)c2c1[2H].[2H]c1c([2H])c([2H])c2c(-c3cccc4ccccc34)c3c([2H])c([2H])c([2H])c([2H])c3c(-c3ccc4c(c3)sc3cc5ccccc5cc34)c2c1[2H]. The lowest BCUT2D eigenvalue weighted by Gasteiger charge is -2.18. The number of benzene rings is 16. The largest absolute Gasteiger partial charge is 0.135 e. The minimum atomic E-state index is -0.408. The predicted molar refractivity (Wildman–Crippen MR) is 368 cm³/mol. The predicted octanol–water partition coefficient (Wildman–Crippen LogP) is 24.5. The lowest BCUT2D eigenvalue weighted by Crippen LogP contribution is -1.91. The molecule has 0 aliphatic rings. The van der Waals surface area contributed by atoms with E-state index >= 15 is 0 Å². The van der Waals surface area contributed by atoms with Crippen LogP contribution < -0.4 is 0 Å². The Labute approximate surface area is 516 Å². The Morgan fingerprint density at radius 3 is 1.05 bits per heavy atom. The van der Waals surface area contributed by atoms with Gasteiger partial charge in [-0.2, -0.15) is 0 Å². The second-order valence-electron chi connectivity index (χ2n) is 21.0. The molecular formula is C82H50S2. The first-order valence-corrected chi connectivity index (χ1v) is 29.2. The molecule has 0 bridgehead atoms. The highest BCUT2D eigenvalue weighted by Crippen LogP contribution is 2.48. The van der Waals surface area contributed by atoms with Crippen LogP contribution in [0.15, 0.2) is 303 Å². The number of hydrogen-bond acceptors (Lipinski definition) is 2. The van der Waals surface area contributed by atoms with E-state index in [9.17, 15) is 5.48 Å². The standard InChI is InChI=1S/C42H26S.C40H24S/c1-2-10-28(11-3-1)41-34-14-6-8-16-36(34)42(37-17-9-7-15-35(37)41)29-20-18-27(19-21-29)32-22-23-33-38-24-30-12-4-5-13-31(30)25-40(38)43-39(33)26-32;1-2-12-27-23-38-36(22-26(27)11-1)30-21-20-28(24-37(30)41-38)39-32-15-5-7-17-34(32)40(35-18-8-6-16-33(35)39)31-19-9-13-25-10-3-4-14-29(25)31/h1-26H;1-24H/i6D,7D,8D,9D,14D,15D,16D,17D;5D,6D,7D,8D,15D,16D,17D,18D. The van der Waals surface area contributed by atoms with E-state index in [1.807, 2.05) is 103 Å². The summed E-state index contributed by atoms with van der Waals surface area (Å²) in [5, 5.41) is 12.7. The van der Waals surface area contributed by atoms with Crippen LogP contribution in [0.2, 0.25) is 0 Å². The van der Waals surface area contributed by atoms with Crippen molar-refractivity contribution in [1.29, 1.82) is 0 Å². The Balaban J connectivity index is 0.000000150. The van der Waals surface area contributed by atoms with Crippen molar-refractivity contribution in [3.8, 4) is 55.6 Å². The zero-order valence-corrected chi connectivity index (χ0v) is 46.1. The van der Waals surface area contributed by atoms with E-state index in [0.29, 0.717) is 44.5 Å². The summed E-state index contributed by atoms with van der Waals surface area (Å²) in [4.78, 5) is 0. The number of hydrogen-bond donors (Lipinski definition) is 0. The molecule has 390 valence electrons. The van der Waals surface area contributed by atoms with Crippen LogP contribution in [0.25, 0.3) is 171 Å². The molecule has 0 amide bonds. The minimum Gasteiger partial charge on any atom is -0.135 e. The zero-order chi connectivity index (χ0) is 69.2. The molecular weight excluding hydrogens is 1050 g/mol. The minimum absolute atomic E-state index is 0.212. The summed E-state index contributed by atoms with van der Waals surface area (Å²) >= 11 is 3.38. The molecule has 2 heteroatoms. The first-order chi connectivity index (χ1) is 48.3. The first-order valence-electron chi connectivity index (χ1n) is 35.6. The quantitative estimate of drug-likeness (QED) is 0.151. The highest BCUT2D eigenvalue weighted by atomic mass is 32.1. The van der Waals surface area contributed by atoms with Crippen molar-refractivity contribution in [2.24, 2.45) is 0 Å². The Kier molecular flexibility index (Phi) is 8.21. The smallest absolute Gasteiger partial charge is 0.0629 e. The van der Waals surface area contributed by atoms with Crippen LogP contribution in [0.5, 0.6) is 0 Å². The Hall–Kier alpha value is -10.2. The summed E-state index contributed by atoms with van der Waals surface area (Å²) in [6, 6.07) is 62.4. The Morgan fingerprint density at radius 1 is 0.202 bits per heavy atom. The molecule has 18 rings (SSSR count). The molecule has 0 spiro atoms. The molecule has 16 aromatic carbocycles. The molecule has 0 saturated carbocycles. The topological polar surface area (TPSA) is 0 Å². The summed E-state index contributed by atoms with van der Waals surface area (Å²) in [6.45, 7) is 0. The molecule has 2 heterocycles. The van der Waals surface area contributed by atoms with Gasteiger partial charge in [0.1, 0.15) is 0 Å². The van der Waals surface area contributed by atoms with Crippen LogP contribution in [0.1, 0.15) is 21.9 Å². The Morgan fingerprint density at radius 2 is 0.548 bits per heavy atom. The fourth-order valence-corrected chi connectivity index (χ4v) is 14.9. The van der Waals surface area contributed by atoms with Crippen molar-refractivity contribution < 1.29 is 21.9 Å². The van der Waals surface area contributed by atoms with E-state index in [1.54, 1.807) is 46.9 Å². The second-order valence-corrected chi connectivity index (χ2v) is 23.2. The summed E-state index contributed by atoms with van der Waals surface area (Å²) in [5.74, 6) is 0. The molecule has 0 fully saturated rings. The second kappa shape index (κ2) is 19.8. The maximum Gasteiger partial charge on any atom is 0.0629 e. The maximum absolute atomic E-state index is 9.29. The van der Waals surface area contributed by atoms with Crippen LogP contribution in [-0.2, 0) is 0 Å². The van der Waals surface area contributed by atoms with Gasteiger partial charge < -0.3 is 0 Å². The van der Waals surface area contributed by atoms with Crippen LogP contribution in [0.3, 0.4) is 0 Å². The molecule has 0 aliphatic heterocycles. The first kappa shape index (κ1) is 34.9. The summed E-state index contributed by atoms with van der Waals surface area (Å²) in [6.07, 6.45) is 0. The lowest BCUT2D eigenvalue weighted by molar-refractivity contribution is 1.63. The molecule has 0 aliphatic carbocycles. The third-order valence-electron chi connectivity index (χ3n) is 16.3. The van der Waals surface area contributed by atoms with Crippen molar-refractivity contribution in [2.45, 2.75) is 0 Å². The van der Waals surface area contributed by atoms with Crippen LogP contribution in [0, 0.1) is 0 Å². The monoisotopic (exact) mass is 1110 g/mol. The lowest BCUT2D eigenvalue weighted by atomic mass is 9.84. The molecule has 2 aromatic heterocycles. The van der Waals surface area contributed by atoms with Crippen LogP contribution in [0.4, 0.5) is 0 Å². The van der Waals surface area contributed by atoms with Crippen molar-refractivity contribution in [2.75, 3.05) is 0 Å². The molecule has 0 N–H and O–H groups in total. The van der Waals surface area contributed by atoms with Gasteiger partial charge >= 0.3 is 0 Å². The average molecular weight is 1120 g/mol. The maximum atomic E-state index is 9.29. The molecule has 18 aromatic rings. The molecule has 0 atom stereocenters. The highest BCUT2D eigenvalue weighted by molar-refractivity contribution is 7.26. The van der Waals surface area contributed by atoms with Gasteiger partial charge in [0.25, 0.3) is 0 Å². The molecule has 0 saturated heterocycles. The fraction of sp³-hybridized carbons (Fsp3) is 0. The van der Waals surface area contributed by atoms with Gasteiger partial charge in [-0.05, 0) is 167 Å². The van der Waals surface area contributed by atoms with Gasteiger partial charge in [-0.25, -0.2) is 0 Å². The van der Waals surface area contributed by atoms with Gasteiger partial charge in [0.2, 0.25) is 0 Å². The zero-order valence-electron chi connectivity index (χ0n) is 60.4. The van der Waals surface area contributed by atoms with Gasteiger partial charge in [-0.1, -0.05) is 267 Å². The molecule has 0 unspecified atom stereocenters. The third-order valence-corrected chi connectivity index (χ3v) is 18.6. The fourth-order valence-electron chi connectivity index (χ4n) is 12.5. The normalized spacial score (nSPS) is 14.5. The van der Waals surface area contributed by atoms with E-state index in [-0.39, 0.29) is 91.4 Å². The van der Waals surface area contributed by atoms with E-state index in [1.165, 1.54) is 30.9 Å². The van der Waals surface area contributed by atoms with Gasteiger partial charge in [0.05, 0.1) is 21.9 Å². The Bertz CT molecular complexity index is 6490. The number of fused-ring (bicyclic) bond motifs is 13. The van der Waals surface area contributed by atoms with Crippen molar-refractivity contribution in [3.05, 3.63) is 303 Å². The number of thiophene rings is 2. The molecule has 84 heavy (non-hydrogen) atoms.